The average molecular weight is 421 g/mol. The zero-order valence-corrected chi connectivity index (χ0v) is 17.4. The maximum absolute atomic E-state index is 12.6. The highest BCUT2D eigenvalue weighted by molar-refractivity contribution is 6.30. The van der Waals surface area contributed by atoms with Crippen LogP contribution in [0.1, 0.15) is 24.1 Å². The zero-order valence-electron chi connectivity index (χ0n) is 16.7. The highest BCUT2D eigenvalue weighted by atomic mass is 35.5. The summed E-state index contributed by atoms with van der Waals surface area (Å²) >= 11 is 5.97. The van der Waals surface area contributed by atoms with Gasteiger partial charge in [0.2, 0.25) is 5.95 Å². The van der Waals surface area contributed by atoms with E-state index in [1.807, 2.05) is 55.5 Å². The van der Waals surface area contributed by atoms with Crippen LogP contribution in [0, 0.1) is 0 Å². The number of aromatic nitrogens is 3. The summed E-state index contributed by atoms with van der Waals surface area (Å²) in [6.07, 6.45) is 1.73. The molecular weight excluding hydrogens is 400 g/mol. The minimum atomic E-state index is -0.117. The summed E-state index contributed by atoms with van der Waals surface area (Å²) in [7, 11) is 1.63. The van der Waals surface area contributed by atoms with Crippen LogP contribution in [-0.2, 0) is 6.54 Å². The number of nitrogens with one attached hydrogen (secondary N) is 1. The number of ether oxygens (including phenoxy) is 1. The fourth-order valence-corrected chi connectivity index (χ4v) is 3.36. The zero-order chi connectivity index (χ0) is 21.1. The molecule has 2 aromatic heterocycles. The van der Waals surface area contributed by atoms with E-state index in [-0.39, 0.29) is 11.6 Å². The van der Waals surface area contributed by atoms with Gasteiger partial charge in [0.15, 0.2) is 0 Å². The summed E-state index contributed by atoms with van der Waals surface area (Å²) in [5.41, 5.74) is 2.51. The molecule has 2 heterocycles. The van der Waals surface area contributed by atoms with Gasteiger partial charge >= 0.3 is 0 Å². The van der Waals surface area contributed by atoms with Crippen LogP contribution in [0.2, 0.25) is 5.02 Å². The lowest BCUT2D eigenvalue weighted by molar-refractivity contribution is 0.414. The van der Waals surface area contributed by atoms with Crippen molar-refractivity contribution < 1.29 is 4.74 Å². The van der Waals surface area contributed by atoms with E-state index >= 15 is 0 Å². The number of halogens is 1. The third kappa shape index (κ3) is 4.28. The predicted molar refractivity (Wildman–Crippen MR) is 119 cm³/mol. The molecule has 1 unspecified atom stereocenters. The Balaban J connectivity index is 1.66. The van der Waals surface area contributed by atoms with Crippen molar-refractivity contribution in [2.45, 2.75) is 19.5 Å². The van der Waals surface area contributed by atoms with E-state index in [4.69, 9.17) is 16.3 Å². The highest BCUT2D eigenvalue weighted by Gasteiger charge is 2.11. The minimum absolute atomic E-state index is 0.0230. The van der Waals surface area contributed by atoms with E-state index in [2.05, 4.69) is 15.3 Å². The third-order valence-electron chi connectivity index (χ3n) is 4.94. The lowest BCUT2D eigenvalue weighted by Gasteiger charge is -2.15. The van der Waals surface area contributed by atoms with E-state index in [0.717, 1.165) is 22.3 Å². The Morgan fingerprint density at radius 3 is 2.50 bits per heavy atom. The van der Waals surface area contributed by atoms with Gasteiger partial charge in [-0.3, -0.25) is 9.36 Å². The Labute approximate surface area is 179 Å². The van der Waals surface area contributed by atoms with Crippen LogP contribution in [0.3, 0.4) is 0 Å². The molecule has 4 rings (SSSR count). The van der Waals surface area contributed by atoms with Crippen molar-refractivity contribution in [1.82, 2.24) is 14.5 Å². The monoisotopic (exact) mass is 420 g/mol. The van der Waals surface area contributed by atoms with Gasteiger partial charge in [-0.15, -0.1) is 0 Å². The summed E-state index contributed by atoms with van der Waals surface area (Å²) in [6.45, 7) is 2.43. The number of pyridine rings is 1. The molecule has 0 bridgehead atoms. The standard InChI is InChI=1S/C23H21ClN4O2/c1-15(17-5-8-19(24)9-6-17)26-23-25-13-18-7-12-21(29)28(22(18)27-23)14-16-3-10-20(30-2)11-4-16/h3-13,15H,14H2,1-2H3,(H,25,26,27). The second-order valence-corrected chi connectivity index (χ2v) is 7.43. The molecule has 2 aromatic carbocycles. The number of nitrogens with zero attached hydrogens (tertiary/aromatic N) is 3. The second-order valence-electron chi connectivity index (χ2n) is 7.00. The first-order valence-corrected chi connectivity index (χ1v) is 9.93. The number of hydrogen-bond donors (Lipinski definition) is 1. The van der Waals surface area contributed by atoms with Crippen LogP contribution in [0.5, 0.6) is 5.75 Å². The van der Waals surface area contributed by atoms with Gasteiger partial charge in [-0.25, -0.2) is 4.98 Å². The first-order chi connectivity index (χ1) is 14.5. The van der Waals surface area contributed by atoms with Gasteiger partial charge in [-0.1, -0.05) is 35.9 Å². The summed E-state index contributed by atoms with van der Waals surface area (Å²) in [4.78, 5) is 21.6. The number of hydrogen-bond acceptors (Lipinski definition) is 5. The summed E-state index contributed by atoms with van der Waals surface area (Å²) in [5.74, 6) is 1.23. The molecule has 0 radical (unpaired) electrons. The van der Waals surface area contributed by atoms with Crippen molar-refractivity contribution in [2.24, 2.45) is 0 Å². The number of fused-ring (bicyclic) bond motifs is 1. The van der Waals surface area contributed by atoms with Gasteiger partial charge in [0.25, 0.3) is 5.56 Å². The molecule has 0 spiro atoms. The molecule has 152 valence electrons. The molecule has 0 saturated carbocycles. The van der Waals surface area contributed by atoms with Crippen LogP contribution in [0.15, 0.2) is 71.7 Å². The van der Waals surface area contributed by atoms with Crippen LogP contribution in [0.4, 0.5) is 5.95 Å². The number of rotatable bonds is 6. The Kier molecular flexibility index (Phi) is 5.68. The number of benzene rings is 2. The fourth-order valence-electron chi connectivity index (χ4n) is 3.24. The Morgan fingerprint density at radius 1 is 1.07 bits per heavy atom. The van der Waals surface area contributed by atoms with Gasteiger partial charge in [-0.05, 0) is 48.4 Å². The lowest BCUT2D eigenvalue weighted by Crippen LogP contribution is -2.21. The van der Waals surface area contributed by atoms with Gasteiger partial charge in [-0.2, -0.15) is 4.98 Å². The smallest absolute Gasteiger partial charge is 0.252 e. The van der Waals surface area contributed by atoms with Crippen molar-refractivity contribution in [3.05, 3.63) is 93.4 Å². The Morgan fingerprint density at radius 2 is 1.80 bits per heavy atom. The van der Waals surface area contributed by atoms with E-state index in [1.54, 1.807) is 30.0 Å². The van der Waals surface area contributed by atoms with Crippen LogP contribution >= 0.6 is 11.6 Å². The molecule has 7 heteroatoms. The molecule has 0 amide bonds. The van der Waals surface area contributed by atoms with Crippen LogP contribution in [0.25, 0.3) is 11.0 Å². The minimum Gasteiger partial charge on any atom is -0.497 e. The van der Waals surface area contributed by atoms with Crippen molar-refractivity contribution in [2.75, 3.05) is 12.4 Å². The second kappa shape index (κ2) is 8.55. The molecule has 6 nitrogen and oxygen atoms in total. The molecule has 0 aliphatic heterocycles. The number of anilines is 1. The molecule has 1 N–H and O–H groups in total. The lowest BCUT2D eigenvalue weighted by atomic mass is 10.1. The highest BCUT2D eigenvalue weighted by Crippen LogP contribution is 2.21. The Hall–Kier alpha value is -3.38. The Bertz CT molecular complexity index is 1220. The van der Waals surface area contributed by atoms with Crippen molar-refractivity contribution in [1.29, 1.82) is 0 Å². The van der Waals surface area contributed by atoms with Gasteiger partial charge in [0.1, 0.15) is 11.4 Å². The summed E-state index contributed by atoms with van der Waals surface area (Å²) < 4.78 is 6.85. The summed E-state index contributed by atoms with van der Waals surface area (Å²) in [6, 6.07) is 18.5. The largest absolute Gasteiger partial charge is 0.497 e. The molecule has 1 atom stereocenters. The van der Waals surface area contributed by atoms with Gasteiger partial charge in [0, 0.05) is 22.7 Å². The topological polar surface area (TPSA) is 69.0 Å². The maximum atomic E-state index is 12.6. The predicted octanol–water partition coefficient (Wildman–Crippen LogP) is 4.67. The van der Waals surface area contributed by atoms with Crippen LogP contribution < -0.4 is 15.6 Å². The van der Waals surface area contributed by atoms with Gasteiger partial charge in [0.05, 0.1) is 19.7 Å². The normalized spacial score (nSPS) is 12.0. The molecule has 4 aromatic rings. The molecule has 30 heavy (non-hydrogen) atoms. The average Bonchev–Trinajstić information content (AvgIpc) is 2.76. The maximum Gasteiger partial charge on any atom is 0.252 e. The first-order valence-electron chi connectivity index (χ1n) is 9.55. The van der Waals surface area contributed by atoms with Crippen molar-refractivity contribution in [3.63, 3.8) is 0 Å². The first kappa shape index (κ1) is 19.9. The molecular formula is C23H21ClN4O2. The summed E-state index contributed by atoms with van der Waals surface area (Å²) in [5, 5.41) is 4.79. The van der Waals surface area contributed by atoms with Crippen LogP contribution in [-0.4, -0.2) is 21.6 Å². The molecule has 0 fully saturated rings. The van der Waals surface area contributed by atoms with Crippen molar-refractivity contribution >= 4 is 28.6 Å². The van der Waals surface area contributed by atoms with Crippen molar-refractivity contribution in [3.8, 4) is 5.75 Å². The van der Waals surface area contributed by atoms with E-state index in [9.17, 15) is 4.79 Å². The molecule has 0 aliphatic rings. The van der Waals surface area contributed by atoms with E-state index in [1.165, 1.54) is 0 Å². The van der Waals surface area contributed by atoms with E-state index < -0.39 is 0 Å². The molecule has 0 aliphatic carbocycles. The SMILES string of the molecule is COc1ccc(Cn2c(=O)ccc3cnc(NC(C)c4ccc(Cl)cc4)nc32)cc1. The molecule has 0 saturated heterocycles. The fraction of sp³-hybridized carbons (Fsp3) is 0.174. The van der Waals surface area contributed by atoms with E-state index in [0.29, 0.717) is 23.2 Å². The van der Waals surface area contributed by atoms with Gasteiger partial charge < -0.3 is 10.1 Å². The quantitative estimate of drug-likeness (QED) is 0.490. The number of methoxy groups -OCH3 is 1. The third-order valence-corrected chi connectivity index (χ3v) is 5.19.